The summed E-state index contributed by atoms with van der Waals surface area (Å²) in [5, 5.41) is 0. The van der Waals surface area contributed by atoms with Gasteiger partial charge in [-0.3, -0.25) is 0 Å². The molecular formula is C11H14O3P+. The van der Waals surface area contributed by atoms with Gasteiger partial charge in [-0.25, -0.2) is 4.52 Å². The maximum atomic E-state index is 10.9. The molecule has 0 aliphatic rings. The van der Waals surface area contributed by atoms with Crippen LogP contribution in [0.1, 0.15) is 12.0 Å². The lowest BCUT2D eigenvalue weighted by Crippen LogP contribution is -1.91. The molecular weight excluding hydrogens is 211 g/mol. The first kappa shape index (κ1) is 11.9. The van der Waals surface area contributed by atoms with E-state index in [4.69, 9.17) is 4.52 Å². The lowest BCUT2D eigenvalue weighted by molar-refractivity contribution is 0.268. The van der Waals surface area contributed by atoms with E-state index in [0.29, 0.717) is 6.61 Å². The van der Waals surface area contributed by atoms with Crippen LogP contribution in [-0.4, -0.2) is 6.61 Å². The van der Waals surface area contributed by atoms with Crippen LogP contribution in [0.15, 0.2) is 43.2 Å². The molecule has 0 spiro atoms. The van der Waals surface area contributed by atoms with E-state index >= 15 is 0 Å². The smallest absolute Gasteiger partial charge is 0.238 e. The lowest BCUT2D eigenvalue weighted by Gasteiger charge is -1.96. The van der Waals surface area contributed by atoms with E-state index in [9.17, 15) is 4.57 Å². The van der Waals surface area contributed by atoms with Gasteiger partial charge in [-0.2, -0.15) is 0 Å². The summed E-state index contributed by atoms with van der Waals surface area (Å²) in [6, 6.07) is 10.1. The Morgan fingerprint density at radius 3 is 2.73 bits per heavy atom. The molecule has 1 unspecified atom stereocenters. The van der Waals surface area contributed by atoms with Gasteiger partial charge in [0.2, 0.25) is 0 Å². The molecule has 1 rings (SSSR count). The number of benzene rings is 1. The van der Waals surface area contributed by atoms with Crippen LogP contribution >= 0.6 is 8.25 Å². The third-order valence-electron chi connectivity index (χ3n) is 1.81. The van der Waals surface area contributed by atoms with E-state index in [2.05, 4.69) is 23.2 Å². The second kappa shape index (κ2) is 7.16. The van der Waals surface area contributed by atoms with Crippen molar-refractivity contribution in [1.29, 1.82) is 0 Å². The molecule has 0 amide bonds. The minimum atomic E-state index is -2.03. The molecule has 0 heterocycles. The summed E-state index contributed by atoms with van der Waals surface area (Å²) in [5.74, 6) is 0. The molecule has 4 heteroatoms. The van der Waals surface area contributed by atoms with E-state index in [1.165, 1.54) is 5.56 Å². The SMILES string of the molecule is C=CO[P+](=O)OCCCc1ccccc1. The van der Waals surface area contributed by atoms with Crippen LogP contribution in [-0.2, 0) is 20.0 Å². The Bertz CT molecular complexity index is 311. The summed E-state index contributed by atoms with van der Waals surface area (Å²) in [4.78, 5) is 0. The summed E-state index contributed by atoms with van der Waals surface area (Å²) >= 11 is 0. The Labute approximate surface area is 90.7 Å². The van der Waals surface area contributed by atoms with Crippen LogP contribution in [0.25, 0.3) is 0 Å². The third kappa shape index (κ3) is 5.31. The van der Waals surface area contributed by atoms with Crippen LogP contribution in [0.5, 0.6) is 0 Å². The Morgan fingerprint density at radius 1 is 1.33 bits per heavy atom. The van der Waals surface area contributed by atoms with Crippen LogP contribution in [0.2, 0.25) is 0 Å². The van der Waals surface area contributed by atoms with Gasteiger partial charge >= 0.3 is 8.25 Å². The standard InChI is InChI=1S/C11H14O3P/c1-2-13-15(12)14-10-6-9-11-7-4-3-5-8-11/h2-5,7-8H,1,6,9-10H2/q+1. The average Bonchev–Trinajstić information content (AvgIpc) is 2.26. The molecule has 0 bridgehead atoms. The summed E-state index contributed by atoms with van der Waals surface area (Å²) in [6.45, 7) is 3.72. The number of hydrogen-bond acceptors (Lipinski definition) is 3. The molecule has 0 saturated carbocycles. The normalized spacial score (nSPS) is 10.8. The van der Waals surface area contributed by atoms with E-state index in [0.717, 1.165) is 19.1 Å². The summed E-state index contributed by atoms with van der Waals surface area (Å²) in [6.07, 6.45) is 2.86. The van der Waals surface area contributed by atoms with Crippen molar-refractivity contribution in [3.63, 3.8) is 0 Å². The lowest BCUT2D eigenvalue weighted by atomic mass is 10.1. The monoisotopic (exact) mass is 225 g/mol. The van der Waals surface area contributed by atoms with Gasteiger partial charge in [-0.15, -0.1) is 4.52 Å². The molecule has 0 fully saturated rings. The Kier molecular flexibility index (Phi) is 5.67. The quantitative estimate of drug-likeness (QED) is 0.405. The Morgan fingerprint density at radius 2 is 2.07 bits per heavy atom. The zero-order valence-corrected chi connectivity index (χ0v) is 9.36. The van der Waals surface area contributed by atoms with Crippen molar-refractivity contribution >= 4 is 8.25 Å². The molecule has 0 saturated heterocycles. The molecule has 15 heavy (non-hydrogen) atoms. The van der Waals surface area contributed by atoms with Crippen molar-refractivity contribution in [3.05, 3.63) is 48.7 Å². The highest BCUT2D eigenvalue weighted by atomic mass is 31.1. The molecule has 80 valence electrons. The van der Waals surface area contributed by atoms with Gasteiger partial charge in [0.1, 0.15) is 12.9 Å². The van der Waals surface area contributed by atoms with E-state index < -0.39 is 8.25 Å². The van der Waals surface area contributed by atoms with Crippen molar-refractivity contribution < 1.29 is 13.6 Å². The molecule has 0 radical (unpaired) electrons. The predicted octanol–water partition coefficient (Wildman–Crippen LogP) is 3.45. The van der Waals surface area contributed by atoms with Crippen LogP contribution in [0.4, 0.5) is 0 Å². The van der Waals surface area contributed by atoms with Gasteiger partial charge in [-0.05, 0) is 18.4 Å². The zero-order chi connectivity index (χ0) is 10.9. The molecule has 0 aliphatic heterocycles. The van der Waals surface area contributed by atoms with Crippen molar-refractivity contribution in [3.8, 4) is 0 Å². The maximum Gasteiger partial charge on any atom is 0.749 e. The van der Waals surface area contributed by atoms with Crippen molar-refractivity contribution in [2.45, 2.75) is 12.8 Å². The first-order chi connectivity index (χ1) is 7.33. The third-order valence-corrected chi connectivity index (χ3v) is 2.52. The molecule has 1 aromatic rings. The Balaban J connectivity index is 2.12. The Hall–Kier alpha value is -1.18. The fourth-order valence-corrected chi connectivity index (χ4v) is 1.61. The zero-order valence-electron chi connectivity index (χ0n) is 8.46. The first-order valence-corrected chi connectivity index (χ1v) is 5.84. The highest BCUT2D eigenvalue weighted by Gasteiger charge is 2.17. The average molecular weight is 225 g/mol. The van der Waals surface area contributed by atoms with Crippen molar-refractivity contribution in [2.75, 3.05) is 6.61 Å². The van der Waals surface area contributed by atoms with Gasteiger partial charge in [0.25, 0.3) is 0 Å². The molecule has 3 nitrogen and oxygen atoms in total. The van der Waals surface area contributed by atoms with E-state index in [-0.39, 0.29) is 0 Å². The van der Waals surface area contributed by atoms with Gasteiger partial charge < -0.3 is 0 Å². The van der Waals surface area contributed by atoms with Gasteiger partial charge in [-0.1, -0.05) is 36.9 Å². The first-order valence-electron chi connectivity index (χ1n) is 4.74. The topological polar surface area (TPSA) is 35.5 Å². The van der Waals surface area contributed by atoms with Crippen LogP contribution in [0.3, 0.4) is 0 Å². The highest BCUT2D eigenvalue weighted by Crippen LogP contribution is 2.23. The fraction of sp³-hybridized carbons (Fsp3) is 0.273. The molecule has 1 atom stereocenters. The van der Waals surface area contributed by atoms with Crippen LogP contribution in [0, 0.1) is 0 Å². The second-order valence-corrected chi connectivity index (χ2v) is 3.83. The number of rotatable bonds is 7. The van der Waals surface area contributed by atoms with E-state index in [1.54, 1.807) is 0 Å². The molecule has 0 aliphatic carbocycles. The molecule has 0 aromatic heterocycles. The van der Waals surface area contributed by atoms with Crippen molar-refractivity contribution in [2.24, 2.45) is 0 Å². The molecule has 1 aromatic carbocycles. The largest absolute Gasteiger partial charge is 0.749 e. The summed E-state index contributed by atoms with van der Waals surface area (Å²) < 4.78 is 20.4. The highest BCUT2D eigenvalue weighted by molar-refractivity contribution is 7.33. The van der Waals surface area contributed by atoms with E-state index in [1.807, 2.05) is 18.2 Å². The van der Waals surface area contributed by atoms with Gasteiger partial charge in [0.05, 0.1) is 0 Å². The van der Waals surface area contributed by atoms with Gasteiger partial charge in [0, 0.05) is 4.57 Å². The number of aryl methyl sites for hydroxylation is 1. The molecule has 0 N–H and O–H groups in total. The van der Waals surface area contributed by atoms with Gasteiger partial charge in [0.15, 0.2) is 0 Å². The predicted molar refractivity (Wildman–Crippen MR) is 59.6 cm³/mol. The maximum absolute atomic E-state index is 10.9. The minimum Gasteiger partial charge on any atom is -0.238 e. The summed E-state index contributed by atoms with van der Waals surface area (Å²) in [7, 11) is -2.03. The summed E-state index contributed by atoms with van der Waals surface area (Å²) in [5.41, 5.74) is 1.25. The van der Waals surface area contributed by atoms with Crippen molar-refractivity contribution in [1.82, 2.24) is 0 Å². The van der Waals surface area contributed by atoms with Crippen LogP contribution < -0.4 is 0 Å². The minimum absolute atomic E-state index is 0.429. The number of hydrogen-bond donors (Lipinski definition) is 0. The fourth-order valence-electron chi connectivity index (χ4n) is 1.15. The second-order valence-electron chi connectivity index (χ2n) is 2.92.